The summed E-state index contributed by atoms with van der Waals surface area (Å²) in [5.74, 6) is 0. The van der Waals surface area contributed by atoms with Crippen molar-refractivity contribution in [2.24, 2.45) is 8.80 Å². The molecule has 1 heterocycles. The van der Waals surface area contributed by atoms with Gasteiger partial charge in [-0.05, 0) is 36.6 Å². The van der Waals surface area contributed by atoms with E-state index in [0.717, 1.165) is 0 Å². The van der Waals surface area contributed by atoms with Crippen LogP contribution in [0.3, 0.4) is 0 Å². The molecular weight excluding hydrogens is 244 g/mol. The number of rotatable bonds is 2. The summed E-state index contributed by atoms with van der Waals surface area (Å²) in [6.45, 7) is 0. The predicted octanol–water partition coefficient (Wildman–Crippen LogP) is 1.72. The largest absolute Gasteiger partial charge is 0.473 e. The second-order valence-corrected chi connectivity index (χ2v) is 3.23. The van der Waals surface area contributed by atoms with Crippen molar-refractivity contribution in [3.8, 4) is 0 Å². The molecule has 0 saturated carbocycles. The topological polar surface area (TPSA) is 72.0 Å². The average Bonchev–Trinajstić information content (AvgIpc) is 2.59. The molecule has 8 heteroatoms. The zero-order valence-corrected chi connectivity index (χ0v) is 9.10. The van der Waals surface area contributed by atoms with Gasteiger partial charge in [0.2, 0.25) is 0 Å². The number of hydrogen-bond acceptors (Lipinski definition) is 5. The van der Waals surface area contributed by atoms with Crippen LogP contribution in [0.1, 0.15) is 0 Å². The number of furan rings is 1. The predicted molar refractivity (Wildman–Crippen MR) is 57.7 cm³/mol. The monoisotopic (exact) mass is 248 g/mol. The zero-order valence-electron chi connectivity index (χ0n) is 6.65. The Balaban J connectivity index is 0.000000280. The Bertz CT molecular complexity index is 397. The molecule has 0 aliphatic carbocycles. The van der Waals surface area contributed by atoms with Gasteiger partial charge in [-0.1, -0.05) is 8.80 Å². The van der Waals surface area contributed by atoms with Gasteiger partial charge in [-0.3, -0.25) is 0 Å². The Labute approximate surface area is 91.4 Å². The molecule has 74 valence electrons. The van der Waals surface area contributed by atoms with Gasteiger partial charge in [0.15, 0.2) is 0 Å². The molecule has 0 atom stereocenters. The Morgan fingerprint density at radius 1 is 1.07 bits per heavy atom. The van der Waals surface area contributed by atoms with Crippen molar-refractivity contribution in [2.45, 2.75) is 0 Å². The summed E-state index contributed by atoms with van der Waals surface area (Å²) in [6.07, 6.45) is 3.25. The van der Waals surface area contributed by atoms with Crippen molar-refractivity contribution in [3.05, 3.63) is 24.7 Å². The van der Waals surface area contributed by atoms with Crippen LogP contribution in [0.5, 0.6) is 0 Å². The van der Waals surface area contributed by atoms with E-state index in [0.29, 0.717) is 0 Å². The fourth-order valence-corrected chi connectivity index (χ4v) is 1.14. The van der Waals surface area contributed by atoms with E-state index in [2.05, 4.69) is 37.6 Å². The lowest BCUT2D eigenvalue weighted by molar-refractivity contribution is 0.567. The van der Waals surface area contributed by atoms with Gasteiger partial charge < -0.3 is 4.42 Å². The van der Waals surface area contributed by atoms with Crippen molar-refractivity contribution in [2.75, 3.05) is 0 Å². The van der Waals surface area contributed by atoms with Gasteiger partial charge in [-0.2, -0.15) is 8.42 Å². The van der Waals surface area contributed by atoms with Gasteiger partial charge in [0.05, 0.1) is 22.8 Å². The molecule has 0 bridgehead atoms. The van der Waals surface area contributed by atoms with Crippen LogP contribution >= 0.6 is 24.4 Å². The van der Waals surface area contributed by atoms with Gasteiger partial charge in [0, 0.05) is 0 Å². The van der Waals surface area contributed by atoms with Gasteiger partial charge in [0.1, 0.15) is 0 Å². The second-order valence-electron chi connectivity index (χ2n) is 1.61. The van der Waals surface area contributed by atoms with Crippen LogP contribution in [-0.4, -0.2) is 18.7 Å². The third-order valence-corrected chi connectivity index (χ3v) is 1.79. The normalized spacial score (nSPS) is 8.57. The highest BCUT2D eigenvalue weighted by Crippen LogP contribution is 1.88. The number of isothiocyanates is 2. The van der Waals surface area contributed by atoms with Crippen LogP contribution in [-0.2, 0) is 10.2 Å². The molecule has 1 aromatic rings. The lowest BCUT2D eigenvalue weighted by Crippen LogP contribution is -1.85. The molecule has 0 aliphatic heterocycles. The molecule has 0 aromatic carbocycles. The molecule has 0 amide bonds. The van der Waals surface area contributed by atoms with Gasteiger partial charge in [-0.15, -0.1) is 0 Å². The van der Waals surface area contributed by atoms with E-state index >= 15 is 0 Å². The summed E-state index contributed by atoms with van der Waals surface area (Å²) in [5, 5.41) is 3.27. The third kappa shape index (κ3) is 7.48. The maximum Gasteiger partial charge on any atom is 0.379 e. The quantitative estimate of drug-likeness (QED) is 0.588. The first kappa shape index (κ1) is 12.8. The Morgan fingerprint density at radius 3 is 1.71 bits per heavy atom. The minimum absolute atomic E-state index is 1.62. The molecular formula is C6H4N2O3S3. The lowest BCUT2D eigenvalue weighted by Gasteiger charge is -1.75. The highest BCUT2D eigenvalue weighted by molar-refractivity contribution is 7.90. The van der Waals surface area contributed by atoms with Crippen LogP contribution in [0.4, 0.5) is 0 Å². The summed E-state index contributed by atoms with van der Waals surface area (Å²) in [7, 11) is -3.86. The van der Waals surface area contributed by atoms with Crippen molar-refractivity contribution < 1.29 is 12.8 Å². The maximum absolute atomic E-state index is 10.2. The second kappa shape index (κ2) is 7.25. The highest BCUT2D eigenvalue weighted by atomic mass is 32.2. The van der Waals surface area contributed by atoms with E-state index in [-0.39, 0.29) is 0 Å². The number of thiocarbonyl (C=S) groups is 2. The molecule has 0 spiro atoms. The first-order valence-electron chi connectivity index (χ1n) is 3.03. The maximum atomic E-state index is 10.2. The average molecular weight is 248 g/mol. The molecule has 0 unspecified atom stereocenters. The van der Waals surface area contributed by atoms with Crippen LogP contribution in [0.2, 0.25) is 0 Å². The first-order chi connectivity index (χ1) is 6.62. The van der Waals surface area contributed by atoms with E-state index in [9.17, 15) is 8.42 Å². The molecule has 0 N–H and O–H groups in total. The van der Waals surface area contributed by atoms with Crippen LogP contribution in [0.15, 0.2) is 37.9 Å². The molecule has 0 fully saturated rings. The zero-order chi connectivity index (χ0) is 10.9. The standard InChI is InChI=1S/C4H4O.C2N2O2S3/c1-2-4-5-3-1;5-9(6,3-1-7)4-2-8/h1-4H;. The van der Waals surface area contributed by atoms with Crippen LogP contribution in [0, 0.1) is 0 Å². The minimum atomic E-state index is -3.86. The number of hydrogen-bond donors (Lipinski definition) is 0. The summed E-state index contributed by atoms with van der Waals surface area (Å²) in [4.78, 5) is 0. The van der Waals surface area contributed by atoms with Crippen molar-refractivity contribution in [1.82, 2.24) is 0 Å². The highest BCUT2D eigenvalue weighted by Gasteiger charge is 1.98. The van der Waals surface area contributed by atoms with Gasteiger partial charge in [0.25, 0.3) is 0 Å². The van der Waals surface area contributed by atoms with Crippen LogP contribution < -0.4 is 0 Å². The van der Waals surface area contributed by atoms with Gasteiger partial charge >= 0.3 is 10.2 Å². The first-order valence-corrected chi connectivity index (χ1v) is 5.24. The number of nitrogens with zero attached hydrogens (tertiary/aromatic N) is 2. The molecule has 1 aromatic heterocycles. The molecule has 0 aliphatic rings. The molecule has 1 rings (SSSR count). The SMILES string of the molecule is O=S(=O)(N=C=S)N=C=S.c1ccoc1. The summed E-state index contributed by atoms with van der Waals surface area (Å²) in [5.41, 5.74) is 0. The summed E-state index contributed by atoms with van der Waals surface area (Å²) >= 11 is 7.99. The molecule has 14 heavy (non-hydrogen) atoms. The fraction of sp³-hybridized carbons (Fsp3) is 0. The fourth-order valence-electron chi connectivity index (χ4n) is 0.341. The van der Waals surface area contributed by atoms with E-state index in [1.807, 2.05) is 12.1 Å². The smallest absolute Gasteiger partial charge is 0.379 e. The molecule has 5 nitrogen and oxygen atoms in total. The lowest BCUT2D eigenvalue weighted by atomic mass is 10.7. The van der Waals surface area contributed by atoms with Gasteiger partial charge in [-0.25, -0.2) is 0 Å². The molecule has 0 saturated heterocycles. The van der Waals surface area contributed by atoms with Crippen molar-refractivity contribution in [3.63, 3.8) is 0 Å². The van der Waals surface area contributed by atoms with E-state index in [4.69, 9.17) is 0 Å². The summed E-state index contributed by atoms with van der Waals surface area (Å²) < 4.78 is 30.4. The van der Waals surface area contributed by atoms with Crippen molar-refractivity contribution >= 4 is 45.0 Å². The Kier molecular flexibility index (Phi) is 6.65. The van der Waals surface area contributed by atoms with Crippen LogP contribution in [0.25, 0.3) is 0 Å². The van der Waals surface area contributed by atoms with E-state index < -0.39 is 10.2 Å². The molecule has 0 radical (unpaired) electrons. The van der Waals surface area contributed by atoms with E-state index in [1.165, 1.54) is 0 Å². The Morgan fingerprint density at radius 2 is 1.50 bits per heavy atom. The minimum Gasteiger partial charge on any atom is -0.473 e. The Hall–Kier alpha value is -1.17. The summed E-state index contributed by atoms with van der Waals surface area (Å²) in [6, 6.07) is 3.67. The van der Waals surface area contributed by atoms with E-state index in [1.54, 1.807) is 22.8 Å². The third-order valence-electron chi connectivity index (χ3n) is 0.731. The van der Waals surface area contributed by atoms with Crippen molar-refractivity contribution in [1.29, 1.82) is 0 Å².